The Kier molecular flexibility index (Phi) is 6.12. The molecular formula is C32H24Br2S. The van der Waals surface area contributed by atoms with Crippen molar-refractivity contribution in [2.45, 2.75) is 36.5 Å². The maximum absolute atomic E-state index is 3.90. The highest BCUT2D eigenvalue weighted by molar-refractivity contribution is 9.10. The van der Waals surface area contributed by atoms with Crippen molar-refractivity contribution in [3.63, 3.8) is 0 Å². The van der Waals surface area contributed by atoms with Crippen LogP contribution in [-0.4, -0.2) is 0 Å². The molecule has 0 amide bonds. The van der Waals surface area contributed by atoms with E-state index < -0.39 is 0 Å². The van der Waals surface area contributed by atoms with Crippen molar-refractivity contribution in [3.8, 4) is 22.3 Å². The maximum atomic E-state index is 3.90. The van der Waals surface area contributed by atoms with Crippen LogP contribution < -0.4 is 0 Å². The Morgan fingerprint density at radius 2 is 1.11 bits per heavy atom. The molecule has 0 N–H and O–H groups in total. The van der Waals surface area contributed by atoms with Gasteiger partial charge in [0.05, 0.1) is 0 Å². The largest absolute Gasteiger partial charge is 0.0878 e. The summed E-state index contributed by atoms with van der Waals surface area (Å²) in [6, 6.07) is 26.2. The van der Waals surface area contributed by atoms with Crippen molar-refractivity contribution in [1.82, 2.24) is 0 Å². The zero-order valence-corrected chi connectivity index (χ0v) is 23.6. The lowest BCUT2D eigenvalue weighted by Gasteiger charge is -2.21. The monoisotopic (exact) mass is 598 g/mol. The highest BCUT2D eigenvalue weighted by atomic mass is 79.9. The van der Waals surface area contributed by atoms with E-state index in [9.17, 15) is 0 Å². The van der Waals surface area contributed by atoms with Crippen LogP contribution in [0.5, 0.6) is 0 Å². The average molecular weight is 600 g/mol. The lowest BCUT2D eigenvalue weighted by atomic mass is 9.99. The predicted octanol–water partition coefficient (Wildman–Crippen LogP) is 10.6. The van der Waals surface area contributed by atoms with Crippen LogP contribution in [0.3, 0.4) is 0 Å². The van der Waals surface area contributed by atoms with Gasteiger partial charge in [-0.1, -0.05) is 128 Å². The van der Waals surface area contributed by atoms with Crippen LogP contribution in [0.4, 0.5) is 0 Å². The van der Waals surface area contributed by atoms with Gasteiger partial charge in [0.25, 0.3) is 0 Å². The fourth-order valence-electron chi connectivity index (χ4n) is 5.20. The molecule has 6 rings (SSSR count). The quantitative estimate of drug-likeness (QED) is 0.225. The van der Waals surface area contributed by atoms with E-state index in [0.29, 0.717) is 0 Å². The molecule has 4 aromatic carbocycles. The standard InChI is InChI=1S/C32H24Br2S/c1-19-13-25-27(15-19)31(23(17-29(25)33)21-9-5-3-6-10-21)35-32-24(22-11-7-4-8-12-22)18-30(34)26-14-20(2)16-28(26)32/h3-13,16-18H,14-15H2,1-2H3. The number of hydrogen-bond acceptors (Lipinski definition) is 1. The second-order valence-corrected chi connectivity index (χ2v) is 12.2. The summed E-state index contributed by atoms with van der Waals surface area (Å²) >= 11 is 9.74. The van der Waals surface area contributed by atoms with Gasteiger partial charge in [-0.3, -0.25) is 0 Å². The van der Waals surface area contributed by atoms with Crippen LogP contribution in [0, 0.1) is 0 Å². The van der Waals surface area contributed by atoms with E-state index in [-0.39, 0.29) is 0 Å². The van der Waals surface area contributed by atoms with Crippen molar-refractivity contribution >= 4 is 55.8 Å². The predicted molar refractivity (Wildman–Crippen MR) is 158 cm³/mol. The summed E-state index contributed by atoms with van der Waals surface area (Å²) < 4.78 is 2.37. The number of halogens is 2. The molecule has 2 aliphatic rings. The van der Waals surface area contributed by atoms with E-state index in [0.717, 1.165) is 12.8 Å². The molecule has 0 nitrogen and oxygen atoms in total. The molecule has 2 aliphatic carbocycles. The van der Waals surface area contributed by atoms with E-state index in [2.05, 4.69) is 131 Å². The van der Waals surface area contributed by atoms with Gasteiger partial charge in [-0.05, 0) is 83.3 Å². The van der Waals surface area contributed by atoms with Crippen LogP contribution in [0.15, 0.2) is 103 Å². The summed E-state index contributed by atoms with van der Waals surface area (Å²) in [5.74, 6) is 0. The van der Waals surface area contributed by atoms with Gasteiger partial charge >= 0.3 is 0 Å². The first-order valence-corrected chi connectivity index (χ1v) is 14.2. The van der Waals surface area contributed by atoms with Gasteiger partial charge in [-0.25, -0.2) is 0 Å². The first kappa shape index (κ1) is 23.1. The zero-order valence-electron chi connectivity index (χ0n) is 19.7. The second kappa shape index (κ2) is 9.28. The Balaban J connectivity index is 1.62. The third-order valence-electron chi connectivity index (χ3n) is 6.81. The first-order valence-electron chi connectivity index (χ1n) is 11.8. The minimum atomic E-state index is 0.991. The molecule has 0 saturated carbocycles. The molecule has 0 atom stereocenters. The minimum Gasteiger partial charge on any atom is -0.0878 e. The van der Waals surface area contributed by atoms with E-state index in [1.54, 1.807) is 0 Å². The molecule has 0 unspecified atom stereocenters. The molecule has 35 heavy (non-hydrogen) atoms. The Morgan fingerprint density at radius 1 is 0.600 bits per heavy atom. The molecule has 0 spiro atoms. The van der Waals surface area contributed by atoms with Crippen molar-refractivity contribution in [2.24, 2.45) is 0 Å². The van der Waals surface area contributed by atoms with Gasteiger partial charge < -0.3 is 0 Å². The molecule has 0 heterocycles. The molecule has 0 fully saturated rings. The highest BCUT2D eigenvalue weighted by Gasteiger charge is 2.26. The SMILES string of the molecule is CC1=Cc2c(c(Br)cc(-c3ccccc3)c2Sc2c(-c3ccccc3)cc(Br)c3c2CC(C)=C3)C1. The smallest absolute Gasteiger partial charge is 0.0277 e. The third kappa shape index (κ3) is 4.18. The lowest BCUT2D eigenvalue weighted by Crippen LogP contribution is -1.97. The summed E-state index contributed by atoms with van der Waals surface area (Å²) in [5.41, 5.74) is 13.4. The fraction of sp³-hybridized carbons (Fsp3) is 0.125. The second-order valence-electron chi connectivity index (χ2n) is 9.42. The summed E-state index contributed by atoms with van der Waals surface area (Å²) in [7, 11) is 0. The average Bonchev–Trinajstić information content (AvgIpc) is 3.46. The van der Waals surface area contributed by atoms with Gasteiger partial charge in [0.1, 0.15) is 0 Å². The van der Waals surface area contributed by atoms with E-state index in [1.807, 2.05) is 11.8 Å². The maximum Gasteiger partial charge on any atom is 0.0277 e. The van der Waals surface area contributed by atoms with Gasteiger partial charge in [0.15, 0.2) is 0 Å². The topological polar surface area (TPSA) is 0 Å². The Bertz CT molecular complexity index is 1530. The van der Waals surface area contributed by atoms with Crippen molar-refractivity contribution < 1.29 is 0 Å². The van der Waals surface area contributed by atoms with E-state index >= 15 is 0 Å². The normalized spacial score (nSPS) is 13.9. The first-order chi connectivity index (χ1) is 17.0. The molecule has 4 aromatic rings. The molecule has 0 aliphatic heterocycles. The van der Waals surface area contributed by atoms with Gasteiger partial charge in [0.2, 0.25) is 0 Å². The van der Waals surface area contributed by atoms with Crippen LogP contribution in [0.1, 0.15) is 36.1 Å². The van der Waals surface area contributed by atoms with Crippen LogP contribution in [-0.2, 0) is 12.8 Å². The minimum absolute atomic E-state index is 0.991. The number of hydrogen-bond donors (Lipinski definition) is 0. The molecule has 0 saturated heterocycles. The zero-order chi connectivity index (χ0) is 24.1. The summed E-state index contributed by atoms with van der Waals surface area (Å²) in [4.78, 5) is 2.71. The number of benzene rings is 4. The van der Waals surface area contributed by atoms with Crippen molar-refractivity contribution in [2.75, 3.05) is 0 Å². The Hall–Kier alpha value is -2.33. The number of rotatable bonds is 4. The summed E-state index contributed by atoms with van der Waals surface area (Å²) in [6.45, 7) is 4.48. The van der Waals surface area contributed by atoms with Crippen LogP contribution in [0.25, 0.3) is 34.4 Å². The van der Waals surface area contributed by atoms with Gasteiger partial charge in [-0.15, -0.1) is 0 Å². The van der Waals surface area contributed by atoms with Crippen molar-refractivity contribution in [3.05, 3.63) is 115 Å². The van der Waals surface area contributed by atoms with Crippen LogP contribution in [0.2, 0.25) is 0 Å². The molecule has 0 aromatic heterocycles. The number of fused-ring (bicyclic) bond motifs is 2. The molecule has 0 radical (unpaired) electrons. The Morgan fingerprint density at radius 3 is 1.74 bits per heavy atom. The van der Waals surface area contributed by atoms with Crippen LogP contribution >= 0.6 is 43.6 Å². The Labute approximate surface area is 228 Å². The number of allylic oxidation sites excluding steroid dienone is 2. The van der Waals surface area contributed by atoms with E-state index in [1.165, 1.54) is 74.4 Å². The van der Waals surface area contributed by atoms with E-state index in [4.69, 9.17) is 0 Å². The third-order valence-corrected chi connectivity index (χ3v) is 9.49. The van der Waals surface area contributed by atoms with Gasteiger partial charge in [-0.2, -0.15) is 0 Å². The molecule has 0 bridgehead atoms. The van der Waals surface area contributed by atoms with Crippen molar-refractivity contribution in [1.29, 1.82) is 0 Å². The fourth-order valence-corrected chi connectivity index (χ4v) is 7.74. The molecule has 172 valence electrons. The lowest BCUT2D eigenvalue weighted by molar-refractivity contribution is 1.13. The molecule has 3 heteroatoms. The highest BCUT2D eigenvalue weighted by Crippen LogP contribution is 2.51. The van der Waals surface area contributed by atoms with Gasteiger partial charge in [0, 0.05) is 18.7 Å². The summed E-state index contributed by atoms with van der Waals surface area (Å²) in [6.07, 6.45) is 6.72. The molecular weight excluding hydrogens is 576 g/mol. The summed E-state index contributed by atoms with van der Waals surface area (Å²) in [5, 5.41) is 0.